The van der Waals surface area contributed by atoms with Crippen molar-refractivity contribution < 1.29 is 19.1 Å². The first kappa shape index (κ1) is 20.2. The van der Waals surface area contributed by atoms with Crippen LogP contribution in [0.1, 0.15) is 76.8 Å². The lowest BCUT2D eigenvalue weighted by Crippen LogP contribution is -2.42. The summed E-state index contributed by atoms with van der Waals surface area (Å²) in [6.07, 6.45) is 5.43. The van der Waals surface area contributed by atoms with Gasteiger partial charge in [0.1, 0.15) is 11.5 Å². The number of likely N-dealkylation sites (tertiary alicyclic amines) is 1. The summed E-state index contributed by atoms with van der Waals surface area (Å²) >= 11 is 0. The Morgan fingerprint density at radius 3 is 2.77 bits per heavy atom. The molecule has 1 fully saturated rings. The van der Waals surface area contributed by atoms with Crippen molar-refractivity contribution in [3.05, 3.63) is 52.5 Å². The van der Waals surface area contributed by atoms with Gasteiger partial charge in [-0.3, -0.25) is 9.59 Å². The van der Waals surface area contributed by atoms with Gasteiger partial charge in [-0.05, 0) is 58.1 Å². The number of aryl methyl sites for hydroxylation is 1. The first-order valence-electron chi connectivity index (χ1n) is 10.6. The highest BCUT2D eigenvalue weighted by Gasteiger charge is 2.32. The zero-order valence-electron chi connectivity index (χ0n) is 17.4. The number of phenols is 1. The molecule has 0 bridgehead atoms. The fraction of sp³-hybridized carbons (Fsp3) is 0.435. The summed E-state index contributed by atoms with van der Waals surface area (Å²) in [7, 11) is 0. The molecule has 2 N–H and O–H groups in total. The minimum Gasteiger partial charge on any atom is -0.507 e. The number of fused-ring (bicyclic) bond motifs is 1. The molecule has 1 saturated heterocycles. The van der Waals surface area contributed by atoms with E-state index in [1.807, 2.05) is 11.8 Å². The molecular formula is C23H27N3O4. The number of carbonyl (C=O) groups excluding carboxylic acids is 2. The van der Waals surface area contributed by atoms with Crippen LogP contribution in [0.3, 0.4) is 0 Å². The largest absolute Gasteiger partial charge is 0.507 e. The van der Waals surface area contributed by atoms with Crippen LogP contribution in [0.5, 0.6) is 5.75 Å². The number of benzene rings is 1. The highest BCUT2D eigenvalue weighted by atomic mass is 16.4. The number of nitrogens with one attached hydrogen (secondary N) is 1. The molecule has 1 aliphatic carbocycles. The summed E-state index contributed by atoms with van der Waals surface area (Å²) in [5, 5.41) is 14.2. The van der Waals surface area contributed by atoms with Gasteiger partial charge in [0.25, 0.3) is 11.8 Å². The molecule has 1 atom stereocenters. The zero-order chi connectivity index (χ0) is 21.3. The van der Waals surface area contributed by atoms with E-state index in [-0.39, 0.29) is 23.3 Å². The lowest BCUT2D eigenvalue weighted by atomic mass is 9.93. The van der Waals surface area contributed by atoms with Crippen molar-refractivity contribution in [2.24, 2.45) is 5.10 Å². The Balaban J connectivity index is 1.60. The van der Waals surface area contributed by atoms with E-state index in [1.54, 1.807) is 12.1 Å². The maximum Gasteiger partial charge on any atom is 0.290 e. The predicted octanol–water partition coefficient (Wildman–Crippen LogP) is 3.78. The van der Waals surface area contributed by atoms with Crippen molar-refractivity contribution in [1.82, 2.24) is 10.3 Å². The van der Waals surface area contributed by atoms with E-state index in [9.17, 15) is 14.7 Å². The minimum absolute atomic E-state index is 0.0632. The minimum atomic E-state index is -0.479. The highest BCUT2D eigenvalue weighted by molar-refractivity contribution is 6.07. The van der Waals surface area contributed by atoms with Crippen LogP contribution in [0.25, 0.3) is 0 Å². The van der Waals surface area contributed by atoms with Gasteiger partial charge >= 0.3 is 0 Å². The van der Waals surface area contributed by atoms with Gasteiger partial charge < -0.3 is 14.4 Å². The number of hydrogen-bond acceptors (Lipinski definition) is 5. The molecule has 7 heteroatoms. The van der Waals surface area contributed by atoms with Crippen LogP contribution in [0.15, 0.2) is 33.8 Å². The van der Waals surface area contributed by atoms with Crippen LogP contribution in [0, 0.1) is 6.92 Å². The number of phenolic OH excluding ortho intramolecular Hbond substituents is 1. The first-order chi connectivity index (χ1) is 14.5. The molecule has 2 amide bonds. The summed E-state index contributed by atoms with van der Waals surface area (Å²) in [6, 6.07) is 6.54. The number of furan rings is 1. The third kappa shape index (κ3) is 3.72. The second-order valence-electron chi connectivity index (χ2n) is 8.07. The summed E-state index contributed by atoms with van der Waals surface area (Å²) in [5.74, 6) is 0.499. The van der Waals surface area contributed by atoms with E-state index < -0.39 is 5.91 Å². The number of aromatic hydroxyl groups is 1. The monoisotopic (exact) mass is 409 g/mol. The van der Waals surface area contributed by atoms with E-state index in [2.05, 4.69) is 17.5 Å². The predicted molar refractivity (Wildman–Crippen MR) is 113 cm³/mol. The van der Waals surface area contributed by atoms with Crippen LogP contribution in [0.2, 0.25) is 0 Å². The smallest absolute Gasteiger partial charge is 0.290 e. The fourth-order valence-electron chi connectivity index (χ4n) is 4.36. The Labute approximate surface area is 175 Å². The molecule has 158 valence electrons. The van der Waals surface area contributed by atoms with Crippen molar-refractivity contribution in [2.75, 3.05) is 6.54 Å². The Hall–Kier alpha value is -3.09. The summed E-state index contributed by atoms with van der Waals surface area (Å²) in [4.78, 5) is 27.4. The summed E-state index contributed by atoms with van der Waals surface area (Å²) in [5.41, 5.74) is 5.01. The van der Waals surface area contributed by atoms with Crippen molar-refractivity contribution >= 4 is 17.5 Å². The topological polar surface area (TPSA) is 95.1 Å². The van der Waals surface area contributed by atoms with E-state index in [4.69, 9.17) is 4.42 Å². The molecule has 30 heavy (non-hydrogen) atoms. The number of amides is 2. The van der Waals surface area contributed by atoms with Crippen LogP contribution in [-0.4, -0.2) is 40.1 Å². The van der Waals surface area contributed by atoms with Crippen LogP contribution < -0.4 is 5.43 Å². The molecular weight excluding hydrogens is 382 g/mol. The van der Waals surface area contributed by atoms with Gasteiger partial charge in [-0.2, -0.15) is 5.10 Å². The van der Waals surface area contributed by atoms with Gasteiger partial charge in [-0.15, -0.1) is 0 Å². The van der Waals surface area contributed by atoms with Crippen molar-refractivity contribution in [1.29, 1.82) is 0 Å². The quantitative estimate of drug-likeness (QED) is 0.754. The van der Waals surface area contributed by atoms with Gasteiger partial charge in [-0.25, -0.2) is 5.43 Å². The number of hydrogen-bond donors (Lipinski definition) is 2. The van der Waals surface area contributed by atoms with Gasteiger partial charge in [-0.1, -0.05) is 12.1 Å². The Morgan fingerprint density at radius 2 is 2.00 bits per heavy atom. The van der Waals surface area contributed by atoms with Gasteiger partial charge in [0.2, 0.25) is 0 Å². The number of para-hydroxylation sites is 1. The van der Waals surface area contributed by atoms with Crippen LogP contribution in [0.4, 0.5) is 0 Å². The third-order valence-corrected chi connectivity index (χ3v) is 6.02. The average molecular weight is 409 g/mol. The third-order valence-electron chi connectivity index (χ3n) is 6.02. The van der Waals surface area contributed by atoms with E-state index >= 15 is 0 Å². The molecule has 2 aliphatic rings. The maximum absolute atomic E-state index is 13.1. The molecule has 7 nitrogen and oxygen atoms in total. The lowest BCUT2D eigenvalue weighted by molar-refractivity contribution is 0.0600. The van der Waals surface area contributed by atoms with Crippen molar-refractivity contribution in [3.63, 3.8) is 0 Å². The second kappa shape index (κ2) is 8.34. The Morgan fingerprint density at radius 1 is 1.20 bits per heavy atom. The molecule has 0 radical (unpaired) electrons. The van der Waals surface area contributed by atoms with E-state index in [0.717, 1.165) is 55.5 Å². The Kier molecular flexibility index (Phi) is 5.61. The molecule has 2 aromatic rings. The second-order valence-corrected chi connectivity index (χ2v) is 8.07. The number of carbonyl (C=O) groups is 2. The van der Waals surface area contributed by atoms with Crippen molar-refractivity contribution in [2.45, 2.75) is 58.4 Å². The summed E-state index contributed by atoms with van der Waals surface area (Å²) < 4.78 is 6.02. The number of piperidine rings is 1. The molecule has 0 spiro atoms. The molecule has 1 aliphatic heterocycles. The molecule has 0 saturated carbocycles. The van der Waals surface area contributed by atoms with E-state index in [1.165, 1.54) is 12.1 Å². The number of nitrogens with zero attached hydrogens (tertiary/aromatic N) is 2. The van der Waals surface area contributed by atoms with Crippen LogP contribution >= 0.6 is 0 Å². The van der Waals surface area contributed by atoms with Crippen LogP contribution in [-0.2, 0) is 6.42 Å². The number of rotatable bonds is 3. The summed E-state index contributed by atoms with van der Waals surface area (Å²) in [6.45, 7) is 4.72. The SMILES string of the molecule is Cc1c(C(=O)N2CCCCC2C)oc2c1/C(=N/NC(=O)c1ccccc1O)CCC2. The van der Waals surface area contributed by atoms with Gasteiger partial charge in [0.15, 0.2) is 5.76 Å². The molecule has 1 unspecified atom stereocenters. The average Bonchev–Trinajstić information content (AvgIpc) is 3.09. The highest BCUT2D eigenvalue weighted by Crippen LogP contribution is 2.31. The lowest BCUT2D eigenvalue weighted by Gasteiger charge is -2.32. The standard InChI is InChI=1S/C23H27N3O4/c1-14-8-5-6-13-26(14)23(29)21-15(2)20-17(10-7-12-19(20)30-21)24-25-22(28)16-9-3-4-11-18(16)27/h3-4,9,11,14,27H,5-8,10,12-13H2,1-2H3,(H,25,28)/b24-17+. The number of hydrazone groups is 1. The molecule has 2 heterocycles. The first-order valence-corrected chi connectivity index (χ1v) is 10.6. The fourth-order valence-corrected chi connectivity index (χ4v) is 4.36. The molecule has 1 aromatic heterocycles. The molecule has 1 aromatic carbocycles. The zero-order valence-corrected chi connectivity index (χ0v) is 17.4. The Bertz CT molecular complexity index is 1010. The maximum atomic E-state index is 13.1. The molecule has 4 rings (SSSR count). The normalized spacial score (nSPS) is 20.1. The van der Waals surface area contributed by atoms with Gasteiger partial charge in [0, 0.05) is 30.1 Å². The van der Waals surface area contributed by atoms with Gasteiger partial charge in [0.05, 0.1) is 11.3 Å². The van der Waals surface area contributed by atoms with E-state index in [0.29, 0.717) is 17.9 Å². The van der Waals surface area contributed by atoms with Crippen molar-refractivity contribution in [3.8, 4) is 5.75 Å².